The minimum Gasteiger partial charge on any atom is -0.414 e. The smallest absolute Gasteiger partial charge is 0.414 e. The monoisotopic (exact) mass is 374 g/mol. The van der Waals surface area contributed by atoms with E-state index in [1.54, 1.807) is 11.6 Å². The molecule has 2 aliphatic rings. The Balaban J connectivity index is 1.52. The van der Waals surface area contributed by atoms with Gasteiger partial charge in [0, 0.05) is 19.2 Å². The van der Waals surface area contributed by atoms with E-state index in [1.807, 2.05) is 45.0 Å². The first-order valence-electron chi connectivity index (χ1n) is 9.26. The van der Waals surface area contributed by atoms with Gasteiger partial charge in [-0.1, -0.05) is 24.3 Å². The fourth-order valence-electron chi connectivity index (χ4n) is 3.54. The van der Waals surface area contributed by atoms with Crippen LogP contribution in [0.4, 0.5) is 4.79 Å². The SMILES string of the molecule is CC(C)(C)OC(=O)[N+]12CCN(Cc3ccc(C=CC(=O)NO)cc3)CC1C2. The van der Waals surface area contributed by atoms with Crippen LogP contribution in [0.2, 0.25) is 0 Å². The second-order valence-corrected chi connectivity index (χ2v) is 8.36. The lowest BCUT2D eigenvalue weighted by molar-refractivity contribution is -0.744. The van der Waals surface area contributed by atoms with Crippen LogP contribution in [0.5, 0.6) is 0 Å². The summed E-state index contributed by atoms with van der Waals surface area (Å²) in [6.45, 7) is 10.0. The Bertz CT molecular complexity index is 739. The van der Waals surface area contributed by atoms with Gasteiger partial charge in [-0.15, -0.1) is 0 Å². The number of hydrogen-bond acceptors (Lipinski definition) is 5. The van der Waals surface area contributed by atoms with Crippen molar-refractivity contribution in [2.45, 2.75) is 39.0 Å². The van der Waals surface area contributed by atoms with E-state index in [-0.39, 0.29) is 6.09 Å². The van der Waals surface area contributed by atoms with E-state index >= 15 is 0 Å². The fourth-order valence-corrected chi connectivity index (χ4v) is 3.54. The summed E-state index contributed by atoms with van der Waals surface area (Å²) in [6, 6.07) is 8.30. The third-order valence-electron chi connectivity index (χ3n) is 5.07. The highest BCUT2D eigenvalue weighted by atomic mass is 16.6. The number of nitrogens with one attached hydrogen (secondary N) is 1. The van der Waals surface area contributed by atoms with Crippen molar-refractivity contribution < 1.29 is 24.0 Å². The van der Waals surface area contributed by atoms with Gasteiger partial charge in [0.15, 0.2) is 6.04 Å². The average molecular weight is 374 g/mol. The normalized spacial score (nSPS) is 25.1. The first kappa shape index (κ1) is 19.5. The standard InChI is InChI=1S/C20H27N3O4/c1-20(2,3)27-19(25)23-11-10-22(13-17(23)14-23)12-16-6-4-15(5-7-16)8-9-18(24)21-26/h4-9,17H,10-14H2,1-3H3,(H-,21,24,26)/p+1. The fraction of sp³-hybridized carbons (Fsp3) is 0.500. The Morgan fingerprint density at radius 2 is 2.04 bits per heavy atom. The molecule has 27 heavy (non-hydrogen) atoms. The molecule has 0 saturated carbocycles. The molecule has 2 aliphatic heterocycles. The highest BCUT2D eigenvalue weighted by molar-refractivity contribution is 5.90. The second-order valence-electron chi connectivity index (χ2n) is 8.36. The zero-order chi connectivity index (χ0) is 19.7. The van der Waals surface area contributed by atoms with E-state index < -0.39 is 11.5 Å². The van der Waals surface area contributed by atoms with Crippen molar-refractivity contribution in [2.24, 2.45) is 0 Å². The van der Waals surface area contributed by atoms with Gasteiger partial charge in [0.2, 0.25) is 0 Å². The molecule has 0 spiro atoms. The maximum absolute atomic E-state index is 12.5. The molecule has 0 aromatic heterocycles. The van der Waals surface area contributed by atoms with E-state index in [0.717, 1.165) is 38.3 Å². The Morgan fingerprint density at radius 1 is 1.33 bits per heavy atom. The van der Waals surface area contributed by atoms with Crippen LogP contribution in [-0.2, 0) is 16.1 Å². The number of hydrogen-bond donors (Lipinski definition) is 2. The molecule has 2 atom stereocenters. The number of hydroxylamine groups is 1. The molecular formula is C20H28N3O4+. The number of carbonyl (C=O) groups is 2. The van der Waals surface area contributed by atoms with E-state index in [9.17, 15) is 9.59 Å². The minimum absolute atomic E-state index is 0.0878. The van der Waals surface area contributed by atoms with Gasteiger partial charge in [-0.25, -0.2) is 9.96 Å². The summed E-state index contributed by atoms with van der Waals surface area (Å²) in [5, 5.41) is 8.49. The number of piperazine rings is 1. The number of benzene rings is 1. The van der Waals surface area contributed by atoms with Crippen molar-refractivity contribution >= 4 is 18.1 Å². The predicted octanol–water partition coefficient (Wildman–Crippen LogP) is 2.15. The van der Waals surface area contributed by atoms with Crippen molar-refractivity contribution in [2.75, 3.05) is 26.2 Å². The number of ether oxygens (including phenoxy) is 1. The molecule has 2 amide bonds. The maximum Gasteiger partial charge on any atom is 0.517 e. The number of rotatable bonds is 4. The van der Waals surface area contributed by atoms with Gasteiger partial charge in [0.1, 0.15) is 18.7 Å². The molecule has 3 rings (SSSR count). The molecule has 0 bridgehead atoms. The second kappa shape index (κ2) is 7.42. The van der Waals surface area contributed by atoms with Gasteiger partial charge in [0.05, 0.1) is 6.54 Å². The number of amides is 2. The summed E-state index contributed by atoms with van der Waals surface area (Å²) in [6.07, 6.45) is 2.84. The van der Waals surface area contributed by atoms with Gasteiger partial charge in [0.25, 0.3) is 5.91 Å². The Kier molecular flexibility index (Phi) is 5.37. The van der Waals surface area contributed by atoms with Gasteiger partial charge in [-0.2, -0.15) is 4.79 Å². The first-order chi connectivity index (χ1) is 12.7. The van der Waals surface area contributed by atoms with Gasteiger partial charge >= 0.3 is 6.09 Å². The van der Waals surface area contributed by atoms with Crippen LogP contribution in [0.1, 0.15) is 31.9 Å². The van der Waals surface area contributed by atoms with E-state index in [0.29, 0.717) is 10.5 Å². The summed E-state index contributed by atoms with van der Waals surface area (Å²) in [7, 11) is 0. The van der Waals surface area contributed by atoms with Gasteiger partial charge in [-0.3, -0.25) is 14.9 Å². The predicted molar refractivity (Wildman–Crippen MR) is 101 cm³/mol. The topological polar surface area (TPSA) is 78.9 Å². The molecule has 2 heterocycles. The average Bonchev–Trinajstić information content (AvgIpc) is 3.34. The highest BCUT2D eigenvalue weighted by Gasteiger charge is 2.65. The molecule has 2 fully saturated rings. The molecule has 7 nitrogen and oxygen atoms in total. The molecule has 1 aromatic carbocycles. The van der Waals surface area contributed by atoms with Crippen LogP contribution >= 0.6 is 0 Å². The van der Waals surface area contributed by atoms with Crippen LogP contribution in [0.3, 0.4) is 0 Å². The number of nitrogens with zero attached hydrogens (tertiary/aromatic N) is 2. The van der Waals surface area contributed by atoms with Crippen molar-refractivity contribution in [1.29, 1.82) is 0 Å². The minimum atomic E-state index is -0.552. The van der Waals surface area contributed by atoms with Crippen LogP contribution in [0.25, 0.3) is 6.08 Å². The Labute approximate surface area is 159 Å². The molecular weight excluding hydrogens is 346 g/mol. The quantitative estimate of drug-likeness (QED) is 0.278. The van der Waals surface area contributed by atoms with E-state index in [1.165, 1.54) is 11.6 Å². The number of fused-ring (bicyclic) bond motifs is 1. The molecule has 0 aliphatic carbocycles. The molecule has 146 valence electrons. The first-order valence-corrected chi connectivity index (χ1v) is 9.26. The van der Waals surface area contributed by atoms with Gasteiger partial charge in [-0.05, 0) is 38.0 Å². The van der Waals surface area contributed by atoms with Crippen molar-refractivity contribution in [3.8, 4) is 0 Å². The van der Waals surface area contributed by atoms with Crippen LogP contribution in [-0.4, -0.2) is 64.4 Å². The molecule has 1 aromatic rings. The molecule has 7 heteroatoms. The van der Waals surface area contributed by atoms with Crippen molar-refractivity contribution in [3.63, 3.8) is 0 Å². The Morgan fingerprint density at radius 3 is 2.63 bits per heavy atom. The molecule has 2 N–H and O–H groups in total. The third-order valence-corrected chi connectivity index (χ3v) is 5.07. The number of quaternary nitrogens is 1. The van der Waals surface area contributed by atoms with E-state index in [2.05, 4.69) is 4.90 Å². The third kappa shape index (κ3) is 4.74. The zero-order valence-electron chi connectivity index (χ0n) is 16.1. The summed E-state index contributed by atoms with van der Waals surface area (Å²) < 4.78 is 6.08. The summed E-state index contributed by atoms with van der Waals surface area (Å²) in [4.78, 5) is 25.9. The maximum atomic E-state index is 12.5. The van der Waals surface area contributed by atoms with Crippen LogP contribution in [0, 0.1) is 0 Å². The van der Waals surface area contributed by atoms with Crippen LogP contribution < -0.4 is 5.48 Å². The van der Waals surface area contributed by atoms with E-state index in [4.69, 9.17) is 9.94 Å². The van der Waals surface area contributed by atoms with Crippen molar-refractivity contribution in [3.05, 3.63) is 41.5 Å². The van der Waals surface area contributed by atoms with Crippen LogP contribution in [0.15, 0.2) is 30.3 Å². The highest BCUT2D eigenvalue weighted by Crippen LogP contribution is 2.37. The lowest BCUT2D eigenvalue weighted by Crippen LogP contribution is -2.51. The molecule has 0 radical (unpaired) electrons. The lowest BCUT2D eigenvalue weighted by atomic mass is 10.1. The Hall–Kier alpha value is -2.22. The lowest BCUT2D eigenvalue weighted by Gasteiger charge is -2.31. The van der Waals surface area contributed by atoms with Crippen molar-refractivity contribution in [1.82, 2.24) is 10.4 Å². The molecule has 2 saturated heterocycles. The summed E-state index contributed by atoms with van der Waals surface area (Å²) in [5.41, 5.74) is 3.21. The largest absolute Gasteiger partial charge is 0.517 e. The van der Waals surface area contributed by atoms with Gasteiger partial charge < -0.3 is 4.74 Å². The number of carbonyl (C=O) groups excluding carboxylic acids is 2. The summed E-state index contributed by atoms with van der Waals surface area (Å²) in [5.74, 6) is -0.552. The zero-order valence-corrected chi connectivity index (χ0v) is 16.1. The molecule has 2 unspecified atom stereocenters. The summed E-state index contributed by atoms with van der Waals surface area (Å²) >= 11 is 0.